The van der Waals surface area contributed by atoms with E-state index in [0.717, 1.165) is 22.4 Å². The van der Waals surface area contributed by atoms with Gasteiger partial charge in [-0.25, -0.2) is 4.98 Å². The van der Waals surface area contributed by atoms with Crippen LogP contribution in [0.4, 0.5) is 0 Å². The van der Waals surface area contributed by atoms with Crippen LogP contribution in [0.15, 0.2) is 6.07 Å². The molecule has 2 aromatic rings. The average Bonchev–Trinajstić information content (AvgIpc) is 2.80. The highest BCUT2D eigenvalue weighted by atomic mass is 16.2. The fourth-order valence-electron chi connectivity index (χ4n) is 3.28. The van der Waals surface area contributed by atoms with Crippen LogP contribution in [-0.4, -0.2) is 44.6 Å². The van der Waals surface area contributed by atoms with E-state index in [4.69, 9.17) is 5.73 Å². The zero-order valence-electron chi connectivity index (χ0n) is 13.7. The van der Waals surface area contributed by atoms with E-state index in [0.29, 0.717) is 31.5 Å². The second-order valence-corrected chi connectivity index (χ2v) is 6.19. The number of carbonyl (C=O) groups is 2. The molecule has 0 saturated carbocycles. The number of nitrogens with two attached hydrogens (primary N) is 1. The minimum atomic E-state index is -0.276. The Labute approximate surface area is 134 Å². The number of aryl methyl sites for hydroxylation is 3. The molecule has 1 aliphatic heterocycles. The fraction of sp³-hybridized carbons (Fsp3) is 0.500. The smallest absolute Gasteiger partial charge is 0.254 e. The summed E-state index contributed by atoms with van der Waals surface area (Å²) in [5, 5.41) is 5.18. The summed E-state index contributed by atoms with van der Waals surface area (Å²) in [6.07, 6.45) is 1.25. The molecule has 1 aliphatic rings. The maximum atomic E-state index is 12.9. The average molecular weight is 315 g/mol. The fourth-order valence-corrected chi connectivity index (χ4v) is 3.28. The summed E-state index contributed by atoms with van der Waals surface area (Å²) < 4.78 is 1.70. The molecule has 7 nitrogen and oxygen atoms in total. The number of amides is 2. The lowest BCUT2D eigenvalue weighted by Gasteiger charge is -2.30. The van der Waals surface area contributed by atoms with Gasteiger partial charge in [-0.05, 0) is 32.8 Å². The van der Waals surface area contributed by atoms with Gasteiger partial charge in [-0.2, -0.15) is 5.10 Å². The molecule has 0 radical (unpaired) electrons. The number of likely N-dealkylation sites (tertiary alicyclic amines) is 1. The molecule has 7 heteroatoms. The van der Waals surface area contributed by atoms with Crippen molar-refractivity contribution in [3.05, 3.63) is 23.0 Å². The van der Waals surface area contributed by atoms with E-state index >= 15 is 0 Å². The van der Waals surface area contributed by atoms with Gasteiger partial charge >= 0.3 is 0 Å². The monoisotopic (exact) mass is 315 g/mol. The number of hydrogen-bond acceptors (Lipinski definition) is 4. The van der Waals surface area contributed by atoms with Gasteiger partial charge in [0.05, 0.1) is 16.6 Å². The van der Waals surface area contributed by atoms with Gasteiger partial charge in [0.15, 0.2) is 5.65 Å². The van der Waals surface area contributed by atoms with Crippen molar-refractivity contribution in [3.8, 4) is 0 Å². The summed E-state index contributed by atoms with van der Waals surface area (Å²) in [6, 6.07) is 1.82. The predicted molar refractivity (Wildman–Crippen MR) is 85.8 cm³/mol. The van der Waals surface area contributed by atoms with Crippen LogP contribution >= 0.6 is 0 Å². The van der Waals surface area contributed by atoms with Gasteiger partial charge in [0, 0.05) is 31.7 Å². The molecule has 0 aromatic carbocycles. The molecular weight excluding hydrogens is 294 g/mol. The Morgan fingerprint density at radius 2 is 1.91 bits per heavy atom. The molecule has 0 atom stereocenters. The van der Waals surface area contributed by atoms with E-state index in [9.17, 15) is 9.59 Å². The van der Waals surface area contributed by atoms with Gasteiger partial charge in [-0.1, -0.05) is 0 Å². The lowest BCUT2D eigenvalue weighted by molar-refractivity contribution is -0.123. The van der Waals surface area contributed by atoms with Crippen LogP contribution < -0.4 is 5.73 Å². The van der Waals surface area contributed by atoms with Crippen LogP contribution in [-0.2, 0) is 11.8 Å². The Bertz CT molecular complexity index is 787. The molecule has 0 aliphatic carbocycles. The maximum Gasteiger partial charge on any atom is 0.254 e. The third-order valence-electron chi connectivity index (χ3n) is 4.51. The highest BCUT2D eigenvalue weighted by Crippen LogP contribution is 2.25. The first-order valence-electron chi connectivity index (χ1n) is 7.78. The number of rotatable bonds is 2. The van der Waals surface area contributed by atoms with E-state index in [2.05, 4.69) is 10.1 Å². The van der Waals surface area contributed by atoms with Crippen molar-refractivity contribution in [2.45, 2.75) is 26.7 Å². The van der Waals surface area contributed by atoms with Gasteiger partial charge in [0.2, 0.25) is 5.91 Å². The number of primary amides is 1. The summed E-state index contributed by atoms with van der Waals surface area (Å²) in [7, 11) is 1.83. The molecule has 23 heavy (non-hydrogen) atoms. The van der Waals surface area contributed by atoms with Crippen LogP contribution in [0.25, 0.3) is 11.0 Å². The first kappa shape index (κ1) is 15.5. The molecule has 122 valence electrons. The van der Waals surface area contributed by atoms with Crippen molar-refractivity contribution in [2.75, 3.05) is 13.1 Å². The quantitative estimate of drug-likeness (QED) is 0.891. The summed E-state index contributed by atoms with van der Waals surface area (Å²) in [5.41, 5.74) is 8.29. The zero-order chi connectivity index (χ0) is 16.7. The largest absolute Gasteiger partial charge is 0.369 e. The molecular formula is C16H21N5O2. The Kier molecular flexibility index (Phi) is 3.79. The summed E-state index contributed by atoms with van der Waals surface area (Å²) >= 11 is 0. The van der Waals surface area contributed by atoms with Gasteiger partial charge in [0.25, 0.3) is 5.91 Å². The van der Waals surface area contributed by atoms with Crippen molar-refractivity contribution < 1.29 is 9.59 Å². The molecule has 2 N–H and O–H groups in total. The van der Waals surface area contributed by atoms with E-state index < -0.39 is 0 Å². The molecule has 1 saturated heterocycles. The zero-order valence-corrected chi connectivity index (χ0v) is 13.7. The van der Waals surface area contributed by atoms with Crippen LogP contribution in [0.5, 0.6) is 0 Å². The number of pyridine rings is 1. The van der Waals surface area contributed by atoms with E-state index in [1.54, 1.807) is 9.58 Å². The van der Waals surface area contributed by atoms with Crippen LogP contribution in [0.2, 0.25) is 0 Å². The Balaban J connectivity index is 1.94. The van der Waals surface area contributed by atoms with Gasteiger partial charge in [-0.15, -0.1) is 0 Å². The second-order valence-electron chi connectivity index (χ2n) is 6.19. The van der Waals surface area contributed by atoms with Crippen molar-refractivity contribution in [3.63, 3.8) is 0 Å². The number of hydrogen-bond donors (Lipinski definition) is 1. The number of piperidine rings is 1. The van der Waals surface area contributed by atoms with Crippen LogP contribution in [0.1, 0.15) is 34.6 Å². The van der Waals surface area contributed by atoms with Crippen LogP contribution in [0, 0.1) is 19.8 Å². The first-order valence-corrected chi connectivity index (χ1v) is 7.78. The Morgan fingerprint density at radius 1 is 1.26 bits per heavy atom. The first-order chi connectivity index (χ1) is 10.9. The molecule has 0 unspecified atom stereocenters. The van der Waals surface area contributed by atoms with Gasteiger partial charge < -0.3 is 10.6 Å². The molecule has 3 heterocycles. The molecule has 0 bridgehead atoms. The highest BCUT2D eigenvalue weighted by Gasteiger charge is 2.28. The third kappa shape index (κ3) is 2.67. The Hall–Kier alpha value is -2.44. The summed E-state index contributed by atoms with van der Waals surface area (Å²) in [4.78, 5) is 30.5. The number of aromatic nitrogens is 3. The third-order valence-corrected chi connectivity index (χ3v) is 4.51. The minimum absolute atomic E-state index is 0.0282. The number of nitrogens with zero attached hydrogens (tertiary/aromatic N) is 4. The molecule has 0 spiro atoms. The molecule has 3 rings (SSSR count). The standard InChI is InChI=1S/C16H21N5O2/c1-9-8-12(13-10(2)19-20(3)15(13)18-9)16(23)21-6-4-11(5-7-21)14(17)22/h8,11H,4-7H2,1-3H3,(H2,17,22). The number of fused-ring (bicyclic) bond motifs is 1. The highest BCUT2D eigenvalue weighted by molar-refractivity contribution is 6.06. The SMILES string of the molecule is Cc1cc(C(=O)N2CCC(C(N)=O)CC2)c2c(C)nn(C)c2n1. The second kappa shape index (κ2) is 5.64. The van der Waals surface area contributed by atoms with E-state index in [1.807, 2.05) is 27.0 Å². The minimum Gasteiger partial charge on any atom is -0.369 e. The van der Waals surface area contributed by atoms with E-state index in [-0.39, 0.29) is 17.7 Å². The summed E-state index contributed by atoms with van der Waals surface area (Å²) in [6.45, 7) is 4.86. The number of carbonyl (C=O) groups excluding carboxylic acids is 2. The van der Waals surface area contributed by atoms with Crippen LogP contribution in [0.3, 0.4) is 0 Å². The normalized spacial score (nSPS) is 16.0. The topological polar surface area (TPSA) is 94.1 Å². The lowest BCUT2D eigenvalue weighted by atomic mass is 9.95. The maximum absolute atomic E-state index is 12.9. The van der Waals surface area contributed by atoms with Crippen molar-refractivity contribution in [1.82, 2.24) is 19.7 Å². The lowest BCUT2D eigenvalue weighted by Crippen LogP contribution is -2.41. The Morgan fingerprint density at radius 3 is 2.52 bits per heavy atom. The molecule has 2 aromatic heterocycles. The van der Waals surface area contributed by atoms with Gasteiger partial charge in [0.1, 0.15) is 0 Å². The van der Waals surface area contributed by atoms with E-state index in [1.165, 1.54) is 0 Å². The molecule has 2 amide bonds. The predicted octanol–water partition coefficient (Wildman–Crippen LogP) is 0.923. The van der Waals surface area contributed by atoms with Gasteiger partial charge in [-0.3, -0.25) is 14.3 Å². The molecule has 1 fully saturated rings. The summed E-state index contributed by atoms with van der Waals surface area (Å²) in [5.74, 6) is -0.430. The van der Waals surface area contributed by atoms with Crippen molar-refractivity contribution in [2.24, 2.45) is 18.7 Å². The van der Waals surface area contributed by atoms with Crippen molar-refractivity contribution >= 4 is 22.8 Å². The van der Waals surface area contributed by atoms with Crippen molar-refractivity contribution in [1.29, 1.82) is 0 Å².